The van der Waals surface area contributed by atoms with Crippen molar-refractivity contribution in [2.45, 2.75) is 20.0 Å². The van der Waals surface area contributed by atoms with Crippen LogP contribution in [0.3, 0.4) is 0 Å². The molecule has 0 aromatic heterocycles. The summed E-state index contributed by atoms with van der Waals surface area (Å²) in [7, 11) is 0. The summed E-state index contributed by atoms with van der Waals surface area (Å²) >= 11 is 0. The first-order valence-electron chi connectivity index (χ1n) is 8.76. The van der Waals surface area contributed by atoms with Crippen LogP contribution in [0.4, 0.5) is 4.79 Å². The highest BCUT2D eigenvalue weighted by atomic mass is 16.5. The van der Waals surface area contributed by atoms with E-state index in [0.29, 0.717) is 19.6 Å². The third-order valence-electron chi connectivity index (χ3n) is 4.33. The maximum Gasteiger partial charge on any atom is 0.320 e. The van der Waals surface area contributed by atoms with Crippen molar-refractivity contribution in [3.8, 4) is 5.75 Å². The average molecular weight is 335 g/mol. The second-order valence-electron chi connectivity index (χ2n) is 6.02. The number of piperazine rings is 1. The standard InChI is InChI=1S/C18H29N3O3/c1-3-20(4-2)18(23)21-12-10-19(11-13-21)14-16(22)15-24-17-8-6-5-7-9-17/h5-9,16,22H,3-4,10-15H2,1-2H3. The van der Waals surface area contributed by atoms with Gasteiger partial charge in [-0.25, -0.2) is 4.79 Å². The van der Waals surface area contributed by atoms with Gasteiger partial charge in [0.05, 0.1) is 0 Å². The molecule has 0 aliphatic carbocycles. The number of rotatable bonds is 7. The van der Waals surface area contributed by atoms with E-state index >= 15 is 0 Å². The largest absolute Gasteiger partial charge is 0.491 e. The predicted octanol–water partition coefficient (Wildman–Crippen LogP) is 1.51. The minimum Gasteiger partial charge on any atom is -0.491 e. The molecule has 0 bridgehead atoms. The molecule has 1 atom stereocenters. The van der Waals surface area contributed by atoms with Crippen molar-refractivity contribution in [1.82, 2.24) is 14.7 Å². The molecule has 1 aliphatic rings. The third-order valence-corrected chi connectivity index (χ3v) is 4.33. The van der Waals surface area contributed by atoms with Gasteiger partial charge in [-0.1, -0.05) is 18.2 Å². The molecule has 1 aliphatic heterocycles. The molecule has 1 fully saturated rings. The topological polar surface area (TPSA) is 56.3 Å². The molecule has 1 aromatic carbocycles. The number of benzene rings is 1. The molecular formula is C18H29N3O3. The van der Waals surface area contributed by atoms with Gasteiger partial charge in [-0.2, -0.15) is 0 Å². The normalized spacial score (nSPS) is 16.7. The highest BCUT2D eigenvalue weighted by molar-refractivity contribution is 5.74. The van der Waals surface area contributed by atoms with E-state index in [2.05, 4.69) is 4.90 Å². The maximum absolute atomic E-state index is 12.3. The van der Waals surface area contributed by atoms with E-state index in [1.165, 1.54) is 0 Å². The summed E-state index contributed by atoms with van der Waals surface area (Å²) in [5.41, 5.74) is 0. The molecular weight excluding hydrogens is 306 g/mol. The smallest absolute Gasteiger partial charge is 0.320 e. The molecule has 0 radical (unpaired) electrons. The van der Waals surface area contributed by atoms with E-state index in [-0.39, 0.29) is 12.6 Å². The van der Waals surface area contributed by atoms with E-state index in [0.717, 1.165) is 31.9 Å². The van der Waals surface area contributed by atoms with Crippen molar-refractivity contribution in [2.75, 3.05) is 52.4 Å². The highest BCUT2D eigenvalue weighted by Gasteiger charge is 2.24. The van der Waals surface area contributed by atoms with Gasteiger partial charge in [0.2, 0.25) is 0 Å². The van der Waals surface area contributed by atoms with Crippen LogP contribution in [0, 0.1) is 0 Å². The summed E-state index contributed by atoms with van der Waals surface area (Å²) in [4.78, 5) is 18.2. The Morgan fingerprint density at radius 3 is 2.38 bits per heavy atom. The summed E-state index contributed by atoms with van der Waals surface area (Å²) in [6.45, 7) is 9.33. The number of urea groups is 1. The fraction of sp³-hybridized carbons (Fsp3) is 0.611. The SMILES string of the molecule is CCN(CC)C(=O)N1CCN(CC(O)COc2ccccc2)CC1. The first-order valence-corrected chi connectivity index (χ1v) is 8.76. The maximum atomic E-state index is 12.3. The zero-order valence-electron chi connectivity index (χ0n) is 14.7. The summed E-state index contributed by atoms with van der Waals surface area (Å²) < 4.78 is 5.58. The summed E-state index contributed by atoms with van der Waals surface area (Å²) in [6, 6.07) is 9.63. The van der Waals surface area contributed by atoms with Crippen molar-refractivity contribution in [3.63, 3.8) is 0 Å². The van der Waals surface area contributed by atoms with E-state index in [9.17, 15) is 9.90 Å². The molecule has 134 valence electrons. The van der Waals surface area contributed by atoms with Crippen LogP contribution >= 0.6 is 0 Å². The van der Waals surface area contributed by atoms with Gasteiger partial charge >= 0.3 is 6.03 Å². The van der Waals surface area contributed by atoms with Crippen LogP contribution in [0.2, 0.25) is 0 Å². The molecule has 1 saturated heterocycles. The number of β-amino-alcohol motifs (C(OH)–C–C–N with tert-alkyl or cyclic N) is 1. The number of para-hydroxylation sites is 1. The van der Waals surface area contributed by atoms with Crippen LogP contribution in [0.15, 0.2) is 30.3 Å². The van der Waals surface area contributed by atoms with Crippen LogP contribution in [-0.2, 0) is 0 Å². The lowest BCUT2D eigenvalue weighted by Gasteiger charge is -2.37. The molecule has 1 aromatic rings. The Hall–Kier alpha value is -1.79. The van der Waals surface area contributed by atoms with Crippen LogP contribution in [0.5, 0.6) is 5.75 Å². The summed E-state index contributed by atoms with van der Waals surface area (Å²) in [5.74, 6) is 0.770. The lowest BCUT2D eigenvalue weighted by molar-refractivity contribution is 0.0483. The number of hydrogen-bond acceptors (Lipinski definition) is 4. The van der Waals surface area contributed by atoms with E-state index in [4.69, 9.17) is 4.74 Å². The fourth-order valence-corrected chi connectivity index (χ4v) is 2.88. The number of aliphatic hydroxyl groups excluding tert-OH is 1. The Labute approximate surface area is 144 Å². The molecule has 2 rings (SSSR count). The van der Waals surface area contributed by atoms with Crippen molar-refractivity contribution in [1.29, 1.82) is 0 Å². The minimum absolute atomic E-state index is 0.118. The van der Waals surface area contributed by atoms with Gasteiger partial charge in [0.1, 0.15) is 18.5 Å². The average Bonchev–Trinajstić information content (AvgIpc) is 2.62. The van der Waals surface area contributed by atoms with E-state index in [1.54, 1.807) is 0 Å². The van der Waals surface area contributed by atoms with Crippen molar-refractivity contribution >= 4 is 6.03 Å². The zero-order valence-corrected chi connectivity index (χ0v) is 14.7. The number of amides is 2. The van der Waals surface area contributed by atoms with Crippen LogP contribution in [-0.4, -0.2) is 84.4 Å². The Morgan fingerprint density at radius 2 is 1.79 bits per heavy atom. The molecule has 0 saturated carbocycles. The highest BCUT2D eigenvalue weighted by Crippen LogP contribution is 2.10. The molecule has 1 heterocycles. The number of ether oxygens (including phenoxy) is 1. The summed E-state index contributed by atoms with van der Waals surface area (Å²) in [6.07, 6.45) is -0.532. The van der Waals surface area contributed by atoms with E-state index < -0.39 is 6.10 Å². The molecule has 24 heavy (non-hydrogen) atoms. The van der Waals surface area contributed by atoms with Crippen molar-refractivity contribution < 1.29 is 14.6 Å². The van der Waals surface area contributed by atoms with Gasteiger partial charge in [-0.15, -0.1) is 0 Å². The Balaban J connectivity index is 1.69. The molecule has 1 unspecified atom stereocenters. The molecule has 6 heteroatoms. The fourth-order valence-electron chi connectivity index (χ4n) is 2.88. The van der Waals surface area contributed by atoms with Gasteiger partial charge in [-0.3, -0.25) is 4.90 Å². The molecule has 6 nitrogen and oxygen atoms in total. The van der Waals surface area contributed by atoms with Gasteiger partial charge in [0.15, 0.2) is 0 Å². The van der Waals surface area contributed by atoms with Crippen LogP contribution in [0.25, 0.3) is 0 Å². The van der Waals surface area contributed by atoms with Gasteiger partial charge < -0.3 is 19.6 Å². The quantitative estimate of drug-likeness (QED) is 0.821. The molecule has 0 spiro atoms. The van der Waals surface area contributed by atoms with Crippen molar-refractivity contribution in [2.24, 2.45) is 0 Å². The first kappa shape index (κ1) is 18.5. The summed E-state index contributed by atoms with van der Waals surface area (Å²) in [5, 5.41) is 10.1. The molecule has 2 amide bonds. The molecule has 1 N–H and O–H groups in total. The number of nitrogens with zero attached hydrogens (tertiary/aromatic N) is 3. The van der Waals surface area contributed by atoms with Crippen molar-refractivity contribution in [3.05, 3.63) is 30.3 Å². The lowest BCUT2D eigenvalue weighted by Crippen LogP contribution is -2.54. The third kappa shape index (κ3) is 5.39. The van der Waals surface area contributed by atoms with Crippen LogP contribution in [0.1, 0.15) is 13.8 Å². The van der Waals surface area contributed by atoms with E-state index in [1.807, 2.05) is 54.0 Å². The van der Waals surface area contributed by atoms with Gasteiger partial charge in [-0.05, 0) is 26.0 Å². The second-order valence-corrected chi connectivity index (χ2v) is 6.02. The van der Waals surface area contributed by atoms with Gasteiger partial charge in [0, 0.05) is 45.8 Å². The van der Waals surface area contributed by atoms with Crippen LogP contribution < -0.4 is 4.74 Å². The van der Waals surface area contributed by atoms with Gasteiger partial charge in [0.25, 0.3) is 0 Å². The Kier molecular flexibility index (Phi) is 7.34. The number of aliphatic hydroxyl groups is 1. The number of hydrogen-bond donors (Lipinski definition) is 1. The number of carbonyl (C=O) groups excluding carboxylic acids is 1. The number of carbonyl (C=O) groups is 1. The second kappa shape index (κ2) is 9.49. The first-order chi connectivity index (χ1) is 11.6. The minimum atomic E-state index is -0.532. The Bertz CT molecular complexity index is 486. The predicted molar refractivity (Wildman–Crippen MR) is 94.3 cm³/mol. The Morgan fingerprint density at radius 1 is 1.17 bits per heavy atom. The monoisotopic (exact) mass is 335 g/mol. The zero-order chi connectivity index (χ0) is 17.4. The lowest BCUT2D eigenvalue weighted by atomic mass is 10.2.